The third-order valence-corrected chi connectivity index (χ3v) is 8.28. The van der Waals surface area contributed by atoms with E-state index >= 15 is 0 Å². The lowest BCUT2D eigenvalue weighted by Crippen LogP contribution is -2.42. The van der Waals surface area contributed by atoms with Crippen LogP contribution in [-0.2, 0) is 16.2 Å². The summed E-state index contributed by atoms with van der Waals surface area (Å²) in [4.78, 5) is 12.9. The molecule has 1 saturated carbocycles. The Kier molecular flexibility index (Phi) is 6.23. The zero-order valence-electron chi connectivity index (χ0n) is 17.0. The third-order valence-electron chi connectivity index (χ3n) is 5.81. The van der Waals surface area contributed by atoms with Gasteiger partial charge in [0, 0.05) is 37.4 Å². The van der Waals surface area contributed by atoms with Crippen molar-refractivity contribution in [1.29, 1.82) is 0 Å². The van der Waals surface area contributed by atoms with Gasteiger partial charge in [-0.2, -0.15) is 13.2 Å². The molecule has 0 amide bonds. The van der Waals surface area contributed by atoms with Gasteiger partial charge in [0.15, 0.2) is 0 Å². The maximum Gasteiger partial charge on any atom is 0.420 e. The molecule has 2 aliphatic rings. The number of sulfonamides is 1. The lowest BCUT2D eigenvalue weighted by atomic mass is 10.1. The van der Waals surface area contributed by atoms with Gasteiger partial charge in [-0.3, -0.25) is 0 Å². The number of hydrogen-bond donors (Lipinski definition) is 1. The van der Waals surface area contributed by atoms with E-state index in [0.29, 0.717) is 36.7 Å². The van der Waals surface area contributed by atoms with Gasteiger partial charge in [0.1, 0.15) is 5.56 Å². The summed E-state index contributed by atoms with van der Waals surface area (Å²) in [5.74, 6) is 0.421. The molecule has 2 aromatic heterocycles. The third kappa shape index (κ3) is 5.17. The average molecular weight is 476 g/mol. The van der Waals surface area contributed by atoms with Crippen LogP contribution in [0.25, 0.3) is 10.6 Å². The first-order valence-corrected chi connectivity index (χ1v) is 12.9. The molecule has 1 N–H and O–H groups in total. The van der Waals surface area contributed by atoms with Crippen molar-refractivity contribution in [3.05, 3.63) is 23.0 Å². The predicted octanol–water partition coefficient (Wildman–Crippen LogP) is 4.11. The molecule has 0 radical (unpaired) electrons. The summed E-state index contributed by atoms with van der Waals surface area (Å²) >= 11 is 1.27. The second-order valence-corrected chi connectivity index (χ2v) is 11.1. The molecule has 1 saturated heterocycles. The standard InChI is InChI=1S/C19H24F3N5O2S2/c1-31(28,29)27-8-6-13(7-9-27)25-18-24-10-14(19(20,21)22)16(26-18)15-11-23-17(30-15)12-4-2-3-5-12/h10-13H,2-9H2,1H3,(H,24,25,26). The molecule has 7 nitrogen and oxygen atoms in total. The summed E-state index contributed by atoms with van der Waals surface area (Å²) in [6.45, 7) is 0.702. The second kappa shape index (κ2) is 8.62. The maximum atomic E-state index is 13.6. The summed E-state index contributed by atoms with van der Waals surface area (Å²) in [5.41, 5.74) is -1.05. The van der Waals surface area contributed by atoms with Gasteiger partial charge in [-0.25, -0.2) is 27.7 Å². The highest BCUT2D eigenvalue weighted by Gasteiger charge is 2.36. The Labute approximate surface area is 183 Å². The number of piperidine rings is 1. The smallest absolute Gasteiger partial charge is 0.351 e. The van der Waals surface area contributed by atoms with E-state index in [4.69, 9.17) is 0 Å². The molecule has 0 atom stereocenters. The van der Waals surface area contributed by atoms with E-state index in [1.807, 2.05) is 0 Å². The fraction of sp³-hybridized carbons (Fsp3) is 0.632. The predicted molar refractivity (Wildman–Crippen MR) is 112 cm³/mol. The first-order valence-electron chi connectivity index (χ1n) is 10.2. The van der Waals surface area contributed by atoms with Crippen molar-refractivity contribution < 1.29 is 21.6 Å². The molecule has 170 valence electrons. The highest BCUT2D eigenvalue weighted by Crippen LogP contribution is 2.41. The fourth-order valence-electron chi connectivity index (χ4n) is 4.12. The number of rotatable bonds is 5. The zero-order chi connectivity index (χ0) is 22.2. The topological polar surface area (TPSA) is 88.1 Å². The van der Waals surface area contributed by atoms with Gasteiger partial charge in [-0.05, 0) is 25.7 Å². The van der Waals surface area contributed by atoms with Crippen LogP contribution in [0.4, 0.5) is 19.1 Å². The van der Waals surface area contributed by atoms with Gasteiger partial charge in [-0.15, -0.1) is 11.3 Å². The van der Waals surface area contributed by atoms with E-state index in [0.717, 1.165) is 36.9 Å². The van der Waals surface area contributed by atoms with Crippen molar-refractivity contribution >= 4 is 27.3 Å². The van der Waals surface area contributed by atoms with Crippen molar-refractivity contribution in [1.82, 2.24) is 19.3 Å². The van der Waals surface area contributed by atoms with E-state index in [-0.39, 0.29) is 17.7 Å². The summed E-state index contributed by atoms with van der Waals surface area (Å²) in [7, 11) is -3.25. The lowest BCUT2D eigenvalue weighted by molar-refractivity contribution is -0.137. The monoisotopic (exact) mass is 475 g/mol. The van der Waals surface area contributed by atoms with Gasteiger partial charge >= 0.3 is 6.18 Å². The largest absolute Gasteiger partial charge is 0.420 e. The number of nitrogens with one attached hydrogen (secondary N) is 1. The molecule has 0 unspecified atom stereocenters. The average Bonchev–Trinajstić information content (AvgIpc) is 3.39. The summed E-state index contributed by atoms with van der Waals surface area (Å²) in [6, 6.07) is -0.113. The molecule has 2 aromatic rings. The molecule has 1 aliphatic heterocycles. The van der Waals surface area contributed by atoms with E-state index in [2.05, 4.69) is 20.3 Å². The SMILES string of the molecule is CS(=O)(=O)N1CCC(Nc2ncc(C(F)(F)F)c(-c3cnc(C4CCCC4)s3)n2)CC1. The normalized spacial score (nSPS) is 19.7. The Morgan fingerprint density at radius 2 is 1.77 bits per heavy atom. The maximum absolute atomic E-state index is 13.6. The van der Waals surface area contributed by atoms with E-state index < -0.39 is 21.8 Å². The van der Waals surface area contributed by atoms with Crippen molar-refractivity contribution in [3.63, 3.8) is 0 Å². The lowest BCUT2D eigenvalue weighted by Gasteiger charge is -2.30. The number of anilines is 1. The Morgan fingerprint density at radius 3 is 2.39 bits per heavy atom. The number of hydrogen-bond acceptors (Lipinski definition) is 7. The minimum atomic E-state index is -4.58. The van der Waals surface area contributed by atoms with Crippen LogP contribution in [0.3, 0.4) is 0 Å². The number of halogens is 3. The van der Waals surface area contributed by atoms with Gasteiger partial charge in [0.2, 0.25) is 16.0 Å². The van der Waals surface area contributed by atoms with Crippen LogP contribution in [0, 0.1) is 0 Å². The minimum absolute atomic E-state index is 0.108. The number of aromatic nitrogens is 3. The molecular formula is C19H24F3N5O2S2. The van der Waals surface area contributed by atoms with E-state index in [1.54, 1.807) is 0 Å². The second-order valence-electron chi connectivity index (χ2n) is 8.08. The van der Waals surface area contributed by atoms with Crippen LogP contribution < -0.4 is 5.32 Å². The van der Waals surface area contributed by atoms with Gasteiger partial charge < -0.3 is 5.32 Å². The van der Waals surface area contributed by atoms with Crippen LogP contribution in [0.2, 0.25) is 0 Å². The first kappa shape index (κ1) is 22.4. The number of alkyl halides is 3. The van der Waals surface area contributed by atoms with Crippen LogP contribution in [0.5, 0.6) is 0 Å². The molecule has 2 fully saturated rings. The van der Waals surface area contributed by atoms with Crippen LogP contribution in [0.1, 0.15) is 55.0 Å². The summed E-state index contributed by atoms with van der Waals surface area (Å²) in [6.07, 6.45) is 4.20. The minimum Gasteiger partial charge on any atom is -0.351 e. The molecule has 3 heterocycles. The van der Waals surface area contributed by atoms with Gasteiger partial charge in [0.05, 0.1) is 21.8 Å². The van der Waals surface area contributed by atoms with Crippen LogP contribution >= 0.6 is 11.3 Å². The molecule has 0 spiro atoms. The molecule has 31 heavy (non-hydrogen) atoms. The molecule has 12 heteroatoms. The Hall–Kier alpha value is -1.79. The zero-order valence-corrected chi connectivity index (χ0v) is 18.7. The van der Waals surface area contributed by atoms with Gasteiger partial charge in [0.25, 0.3) is 0 Å². The highest BCUT2D eigenvalue weighted by molar-refractivity contribution is 7.88. The molecule has 0 aromatic carbocycles. The summed E-state index contributed by atoms with van der Waals surface area (Å²) in [5, 5.41) is 3.94. The van der Waals surface area contributed by atoms with E-state index in [1.165, 1.54) is 28.1 Å². The molecular weight excluding hydrogens is 451 g/mol. The molecule has 0 bridgehead atoms. The molecule has 4 rings (SSSR count). The number of thiazole rings is 1. The molecule has 1 aliphatic carbocycles. The van der Waals surface area contributed by atoms with E-state index in [9.17, 15) is 21.6 Å². The van der Waals surface area contributed by atoms with Gasteiger partial charge in [-0.1, -0.05) is 12.8 Å². The van der Waals surface area contributed by atoms with Crippen molar-refractivity contribution in [2.75, 3.05) is 24.7 Å². The Bertz CT molecular complexity index is 1030. The van der Waals surface area contributed by atoms with Crippen LogP contribution in [0.15, 0.2) is 12.4 Å². The van der Waals surface area contributed by atoms with Crippen molar-refractivity contribution in [2.24, 2.45) is 0 Å². The summed E-state index contributed by atoms with van der Waals surface area (Å²) < 4.78 is 65.5. The van der Waals surface area contributed by atoms with Crippen molar-refractivity contribution in [2.45, 2.75) is 56.7 Å². The number of nitrogens with zero attached hydrogens (tertiary/aromatic N) is 4. The Morgan fingerprint density at radius 1 is 1.10 bits per heavy atom. The first-order chi connectivity index (χ1) is 14.6. The Balaban J connectivity index is 1.56. The highest BCUT2D eigenvalue weighted by atomic mass is 32.2. The van der Waals surface area contributed by atoms with Crippen LogP contribution in [-0.4, -0.2) is 53.1 Å². The fourth-order valence-corrected chi connectivity index (χ4v) is 6.08. The van der Waals surface area contributed by atoms with Crippen molar-refractivity contribution in [3.8, 4) is 10.6 Å². The quantitative estimate of drug-likeness (QED) is 0.700.